The average molecular weight is 426 g/mol. The Hall–Kier alpha value is -2.83. The summed E-state index contributed by atoms with van der Waals surface area (Å²) in [5.41, 5.74) is 3.98. The second-order valence-corrected chi connectivity index (χ2v) is 8.15. The van der Waals surface area contributed by atoms with Gasteiger partial charge in [-0.05, 0) is 61.4 Å². The number of thiazole rings is 1. The molecule has 0 unspecified atom stereocenters. The lowest BCUT2D eigenvalue weighted by Crippen LogP contribution is -2.31. The summed E-state index contributed by atoms with van der Waals surface area (Å²) in [4.78, 5) is 23.9. The van der Waals surface area contributed by atoms with E-state index >= 15 is 0 Å². The Kier molecular flexibility index (Phi) is 5.30. The molecule has 0 saturated heterocycles. The molecule has 7 heteroatoms. The summed E-state index contributed by atoms with van der Waals surface area (Å²) in [5, 5.41) is 0.610. The van der Waals surface area contributed by atoms with Gasteiger partial charge in [-0.15, -0.1) is 0 Å². The minimum atomic E-state index is -0.492. The number of benzene rings is 2. The van der Waals surface area contributed by atoms with Crippen molar-refractivity contribution in [3.05, 3.63) is 88.0 Å². The highest BCUT2D eigenvalue weighted by Crippen LogP contribution is 2.34. The molecule has 4 nitrogen and oxygen atoms in total. The second-order valence-electron chi connectivity index (χ2n) is 6.76. The zero-order chi connectivity index (χ0) is 20.5. The van der Waals surface area contributed by atoms with Gasteiger partial charge in [-0.1, -0.05) is 35.1 Å². The van der Waals surface area contributed by atoms with Gasteiger partial charge in [-0.2, -0.15) is 0 Å². The van der Waals surface area contributed by atoms with Crippen LogP contribution in [-0.2, 0) is 6.54 Å². The van der Waals surface area contributed by atoms with Crippen molar-refractivity contribution >= 4 is 44.2 Å². The van der Waals surface area contributed by atoms with Gasteiger partial charge in [0, 0.05) is 6.20 Å². The molecule has 2 aromatic heterocycles. The van der Waals surface area contributed by atoms with Gasteiger partial charge in [0.2, 0.25) is 0 Å². The summed E-state index contributed by atoms with van der Waals surface area (Å²) in [6.07, 6.45) is 1.68. The lowest BCUT2D eigenvalue weighted by atomic mass is 10.1. The maximum Gasteiger partial charge on any atom is 0.261 e. The number of pyridine rings is 1. The molecule has 0 fully saturated rings. The molecule has 0 radical (unpaired) electrons. The molecule has 0 saturated carbocycles. The van der Waals surface area contributed by atoms with Gasteiger partial charge in [0.25, 0.3) is 5.91 Å². The van der Waals surface area contributed by atoms with Gasteiger partial charge in [0.05, 0.1) is 33.0 Å². The SMILES string of the molecule is Cc1cc(C)c2sc(N(Cc3ccccn3)C(=O)c3ccc(F)cc3Cl)nc2c1. The molecule has 0 N–H and O–H groups in total. The summed E-state index contributed by atoms with van der Waals surface area (Å²) in [7, 11) is 0. The quantitative estimate of drug-likeness (QED) is 0.406. The first kappa shape index (κ1) is 19.5. The molecular formula is C22H17ClFN3OS. The van der Waals surface area contributed by atoms with Crippen LogP contribution >= 0.6 is 22.9 Å². The standard InChI is InChI=1S/C22H17ClFN3OS/c1-13-9-14(2)20-19(10-13)26-22(29-20)27(12-16-5-3-4-8-25-16)21(28)17-7-6-15(24)11-18(17)23/h3-11H,12H2,1-2H3. The molecular weight excluding hydrogens is 409 g/mol. The van der Waals surface area contributed by atoms with Gasteiger partial charge in [-0.3, -0.25) is 14.7 Å². The summed E-state index contributed by atoms with van der Waals surface area (Å²) in [6, 6.07) is 13.4. The number of carbonyl (C=O) groups excluding carboxylic acids is 1. The molecule has 146 valence electrons. The minimum absolute atomic E-state index is 0.0640. The van der Waals surface area contributed by atoms with Gasteiger partial charge < -0.3 is 0 Å². The Morgan fingerprint density at radius 3 is 2.72 bits per heavy atom. The summed E-state index contributed by atoms with van der Waals surface area (Å²) >= 11 is 7.60. The van der Waals surface area contributed by atoms with Crippen LogP contribution in [0.1, 0.15) is 27.2 Å². The van der Waals surface area contributed by atoms with Crippen molar-refractivity contribution in [3.8, 4) is 0 Å². The number of hydrogen-bond acceptors (Lipinski definition) is 4. The van der Waals surface area contributed by atoms with Gasteiger partial charge >= 0.3 is 0 Å². The maximum absolute atomic E-state index is 13.5. The van der Waals surface area contributed by atoms with Crippen LogP contribution in [0.2, 0.25) is 5.02 Å². The van der Waals surface area contributed by atoms with E-state index in [9.17, 15) is 9.18 Å². The highest BCUT2D eigenvalue weighted by Gasteiger charge is 2.24. The third-order valence-electron chi connectivity index (χ3n) is 4.49. The number of rotatable bonds is 4. The molecule has 0 aliphatic rings. The molecule has 4 aromatic rings. The summed E-state index contributed by atoms with van der Waals surface area (Å²) in [5.74, 6) is -0.844. The van der Waals surface area contributed by atoms with Crippen LogP contribution in [0.3, 0.4) is 0 Å². The predicted molar refractivity (Wildman–Crippen MR) is 115 cm³/mol. The fraction of sp³-hybridized carbons (Fsp3) is 0.136. The van der Waals surface area contributed by atoms with E-state index < -0.39 is 5.82 Å². The molecule has 4 rings (SSSR count). The van der Waals surface area contributed by atoms with Crippen LogP contribution in [0, 0.1) is 19.7 Å². The fourth-order valence-electron chi connectivity index (χ4n) is 3.17. The Morgan fingerprint density at radius 2 is 2.00 bits per heavy atom. The zero-order valence-electron chi connectivity index (χ0n) is 15.8. The third kappa shape index (κ3) is 3.99. The summed E-state index contributed by atoms with van der Waals surface area (Å²) in [6.45, 7) is 4.27. The molecule has 0 spiro atoms. The van der Waals surface area contributed by atoms with Crippen LogP contribution in [0.25, 0.3) is 10.2 Å². The van der Waals surface area contributed by atoms with Crippen LogP contribution in [-0.4, -0.2) is 15.9 Å². The molecule has 0 bridgehead atoms. The maximum atomic E-state index is 13.5. The van der Waals surface area contributed by atoms with E-state index in [2.05, 4.69) is 11.1 Å². The zero-order valence-corrected chi connectivity index (χ0v) is 17.4. The number of anilines is 1. The third-order valence-corrected chi connectivity index (χ3v) is 6.03. The number of carbonyl (C=O) groups is 1. The molecule has 29 heavy (non-hydrogen) atoms. The molecule has 1 amide bonds. The number of nitrogens with zero attached hydrogens (tertiary/aromatic N) is 3. The normalized spacial score (nSPS) is 11.0. The van der Waals surface area contributed by atoms with Crippen LogP contribution in [0.4, 0.5) is 9.52 Å². The Morgan fingerprint density at radius 1 is 1.17 bits per heavy atom. The van der Waals surface area contributed by atoms with E-state index in [4.69, 9.17) is 16.6 Å². The van der Waals surface area contributed by atoms with E-state index in [0.717, 1.165) is 27.4 Å². The van der Waals surface area contributed by atoms with E-state index in [1.165, 1.54) is 23.5 Å². The van der Waals surface area contributed by atoms with Crippen LogP contribution < -0.4 is 4.90 Å². The molecule has 0 atom stereocenters. The second kappa shape index (κ2) is 7.89. The monoisotopic (exact) mass is 425 g/mol. The Balaban J connectivity index is 1.82. The first-order valence-corrected chi connectivity index (χ1v) is 10.2. The van der Waals surface area contributed by atoms with Crippen LogP contribution in [0.5, 0.6) is 0 Å². The van der Waals surface area contributed by atoms with Crippen molar-refractivity contribution in [3.63, 3.8) is 0 Å². The van der Waals surface area contributed by atoms with E-state index in [-0.39, 0.29) is 23.0 Å². The highest BCUT2D eigenvalue weighted by atomic mass is 35.5. The Labute approximate surface area is 176 Å². The van der Waals surface area contributed by atoms with E-state index in [0.29, 0.717) is 10.8 Å². The molecule has 0 aliphatic heterocycles. The van der Waals surface area contributed by atoms with Crippen molar-refractivity contribution in [1.29, 1.82) is 0 Å². The molecule has 2 heterocycles. The number of aromatic nitrogens is 2. The van der Waals surface area contributed by atoms with Crippen molar-refractivity contribution in [1.82, 2.24) is 9.97 Å². The van der Waals surface area contributed by atoms with Gasteiger partial charge in [0.1, 0.15) is 5.82 Å². The Bertz CT molecular complexity index is 1210. The fourth-order valence-corrected chi connectivity index (χ4v) is 4.43. The van der Waals surface area contributed by atoms with Crippen LogP contribution in [0.15, 0.2) is 54.7 Å². The smallest absolute Gasteiger partial charge is 0.261 e. The first-order chi connectivity index (χ1) is 13.9. The van der Waals surface area contributed by atoms with Crippen molar-refractivity contribution < 1.29 is 9.18 Å². The average Bonchev–Trinajstić information content (AvgIpc) is 3.10. The number of hydrogen-bond donors (Lipinski definition) is 0. The minimum Gasteiger partial charge on any atom is -0.278 e. The first-order valence-electron chi connectivity index (χ1n) is 8.97. The molecule has 2 aromatic carbocycles. The summed E-state index contributed by atoms with van der Waals surface area (Å²) < 4.78 is 14.5. The highest BCUT2D eigenvalue weighted by molar-refractivity contribution is 7.22. The van der Waals surface area contributed by atoms with Gasteiger partial charge in [0.15, 0.2) is 5.13 Å². The van der Waals surface area contributed by atoms with Crippen molar-refractivity contribution in [2.45, 2.75) is 20.4 Å². The van der Waals surface area contributed by atoms with Crippen molar-refractivity contribution in [2.24, 2.45) is 0 Å². The van der Waals surface area contributed by atoms with Crippen molar-refractivity contribution in [2.75, 3.05) is 4.90 Å². The largest absolute Gasteiger partial charge is 0.278 e. The van der Waals surface area contributed by atoms with E-state index in [1.807, 2.05) is 38.1 Å². The topological polar surface area (TPSA) is 46.1 Å². The number of halogens is 2. The molecule has 0 aliphatic carbocycles. The lowest BCUT2D eigenvalue weighted by molar-refractivity contribution is 0.0985. The number of aryl methyl sites for hydroxylation is 2. The lowest BCUT2D eigenvalue weighted by Gasteiger charge is -2.20. The number of fused-ring (bicyclic) bond motifs is 1. The van der Waals surface area contributed by atoms with Gasteiger partial charge in [-0.25, -0.2) is 9.37 Å². The van der Waals surface area contributed by atoms with E-state index in [1.54, 1.807) is 11.1 Å². The number of amides is 1. The predicted octanol–water partition coefficient (Wildman–Crippen LogP) is 5.95.